The first-order chi connectivity index (χ1) is 15.9. The SMILES string of the molecule is CC(=O)Nc1ccc(C(=O)NCCn2ncc3c(=O)n(Cc4ccc(Br)cc4)cnc32)cc1. The summed E-state index contributed by atoms with van der Waals surface area (Å²) in [6, 6.07) is 14.4. The average molecular weight is 509 g/mol. The van der Waals surface area contributed by atoms with Gasteiger partial charge < -0.3 is 10.6 Å². The topological polar surface area (TPSA) is 111 Å². The Hall–Kier alpha value is -3.79. The highest BCUT2D eigenvalue weighted by Gasteiger charge is 2.11. The Labute approximate surface area is 197 Å². The first-order valence-corrected chi connectivity index (χ1v) is 11.0. The lowest BCUT2D eigenvalue weighted by molar-refractivity contribution is -0.114. The molecule has 0 saturated carbocycles. The molecule has 2 aromatic heterocycles. The van der Waals surface area contributed by atoms with Gasteiger partial charge in [0.15, 0.2) is 5.65 Å². The molecule has 2 heterocycles. The van der Waals surface area contributed by atoms with Crippen LogP contribution in [0.1, 0.15) is 22.8 Å². The number of aromatic nitrogens is 4. The van der Waals surface area contributed by atoms with Gasteiger partial charge in [-0.2, -0.15) is 5.10 Å². The van der Waals surface area contributed by atoms with Crippen molar-refractivity contribution in [3.8, 4) is 0 Å². The van der Waals surface area contributed by atoms with E-state index >= 15 is 0 Å². The van der Waals surface area contributed by atoms with Gasteiger partial charge in [-0.15, -0.1) is 0 Å². The van der Waals surface area contributed by atoms with Crippen LogP contribution in [-0.2, 0) is 17.9 Å². The Bertz CT molecular complexity index is 1360. The summed E-state index contributed by atoms with van der Waals surface area (Å²) in [5, 5.41) is 10.2. The van der Waals surface area contributed by atoms with Crippen molar-refractivity contribution in [2.24, 2.45) is 0 Å². The molecule has 0 spiro atoms. The molecule has 0 fully saturated rings. The molecule has 4 aromatic rings. The molecule has 0 aliphatic heterocycles. The van der Waals surface area contributed by atoms with E-state index in [4.69, 9.17) is 0 Å². The van der Waals surface area contributed by atoms with E-state index in [0.29, 0.717) is 41.9 Å². The molecule has 4 rings (SSSR count). The third-order valence-corrected chi connectivity index (χ3v) is 5.49. The Morgan fingerprint density at radius 1 is 1.06 bits per heavy atom. The highest BCUT2D eigenvalue weighted by Crippen LogP contribution is 2.12. The molecule has 0 atom stereocenters. The fourth-order valence-electron chi connectivity index (χ4n) is 3.35. The number of carbonyl (C=O) groups is 2. The van der Waals surface area contributed by atoms with Gasteiger partial charge in [0.25, 0.3) is 11.5 Å². The van der Waals surface area contributed by atoms with Gasteiger partial charge in [0.1, 0.15) is 11.7 Å². The number of nitrogens with zero attached hydrogens (tertiary/aromatic N) is 4. The van der Waals surface area contributed by atoms with E-state index < -0.39 is 0 Å². The fourth-order valence-corrected chi connectivity index (χ4v) is 3.61. The van der Waals surface area contributed by atoms with Gasteiger partial charge >= 0.3 is 0 Å². The summed E-state index contributed by atoms with van der Waals surface area (Å²) in [5.41, 5.74) is 2.39. The molecule has 2 N–H and O–H groups in total. The minimum atomic E-state index is -0.245. The van der Waals surface area contributed by atoms with Gasteiger partial charge in [0.2, 0.25) is 5.91 Å². The first-order valence-electron chi connectivity index (χ1n) is 10.2. The second kappa shape index (κ2) is 9.78. The summed E-state index contributed by atoms with van der Waals surface area (Å²) in [7, 11) is 0. The lowest BCUT2D eigenvalue weighted by Crippen LogP contribution is -2.27. The van der Waals surface area contributed by atoms with E-state index in [-0.39, 0.29) is 17.4 Å². The summed E-state index contributed by atoms with van der Waals surface area (Å²) in [6.07, 6.45) is 3.02. The zero-order valence-electron chi connectivity index (χ0n) is 17.8. The number of hydrogen-bond donors (Lipinski definition) is 2. The molecule has 0 bridgehead atoms. The van der Waals surface area contributed by atoms with E-state index in [1.165, 1.54) is 19.4 Å². The lowest BCUT2D eigenvalue weighted by atomic mass is 10.2. The highest BCUT2D eigenvalue weighted by molar-refractivity contribution is 9.10. The van der Waals surface area contributed by atoms with Gasteiger partial charge in [-0.1, -0.05) is 28.1 Å². The smallest absolute Gasteiger partial charge is 0.264 e. The maximum absolute atomic E-state index is 12.8. The van der Waals surface area contributed by atoms with Crippen molar-refractivity contribution in [3.05, 3.63) is 87.0 Å². The predicted octanol–water partition coefficient (Wildman–Crippen LogP) is 2.79. The van der Waals surface area contributed by atoms with E-state index in [0.717, 1.165) is 10.0 Å². The van der Waals surface area contributed by atoms with E-state index in [2.05, 4.69) is 36.6 Å². The molecule has 0 radical (unpaired) electrons. The fraction of sp³-hybridized carbons (Fsp3) is 0.174. The van der Waals surface area contributed by atoms with Gasteiger partial charge in [-0.3, -0.25) is 19.0 Å². The van der Waals surface area contributed by atoms with E-state index in [9.17, 15) is 14.4 Å². The van der Waals surface area contributed by atoms with Crippen LogP contribution in [0.3, 0.4) is 0 Å². The number of fused-ring (bicyclic) bond motifs is 1. The first kappa shape index (κ1) is 22.4. The zero-order chi connectivity index (χ0) is 23.4. The van der Waals surface area contributed by atoms with Crippen molar-refractivity contribution in [1.82, 2.24) is 24.6 Å². The second-order valence-corrected chi connectivity index (χ2v) is 8.34. The number of nitrogens with one attached hydrogen (secondary N) is 2. The molecule has 2 amide bonds. The monoisotopic (exact) mass is 508 g/mol. The van der Waals surface area contributed by atoms with Crippen molar-refractivity contribution in [3.63, 3.8) is 0 Å². The quantitative estimate of drug-likeness (QED) is 0.398. The van der Waals surface area contributed by atoms with Crippen molar-refractivity contribution >= 4 is 44.5 Å². The minimum absolute atomic E-state index is 0.169. The number of hydrogen-bond acceptors (Lipinski definition) is 5. The van der Waals surface area contributed by atoms with Gasteiger partial charge in [-0.25, -0.2) is 9.67 Å². The Morgan fingerprint density at radius 3 is 2.48 bits per heavy atom. The Kier molecular flexibility index (Phi) is 6.64. The van der Waals surface area contributed by atoms with Crippen LogP contribution in [0.25, 0.3) is 11.0 Å². The van der Waals surface area contributed by atoms with Crippen LogP contribution in [0.5, 0.6) is 0 Å². The number of anilines is 1. The van der Waals surface area contributed by atoms with Gasteiger partial charge in [0, 0.05) is 29.2 Å². The molecule has 168 valence electrons. The molecule has 33 heavy (non-hydrogen) atoms. The molecule has 0 unspecified atom stereocenters. The number of halogens is 1. The van der Waals surface area contributed by atoms with Crippen LogP contribution in [0.15, 0.2) is 70.3 Å². The number of rotatable bonds is 7. The normalized spacial score (nSPS) is 10.8. The van der Waals surface area contributed by atoms with Crippen LogP contribution in [-0.4, -0.2) is 37.7 Å². The molecule has 9 nitrogen and oxygen atoms in total. The van der Waals surface area contributed by atoms with Crippen molar-refractivity contribution in [2.45, 2.75) is 20.0 Å². The van der Waals surface area contributed by atoms with Crippen molar-refractivity contribution < 1.29 is 9.59 Å². The van der Waals surface area contributed by atoms with Crippen LogP contribution < -0.4 is 16.2 Å². The molecular weight excluding hydrogens is 488 g/mol. The average Bonchev–Trinajstić information content (AvgIpc) is 3.21. The molecule has 0 aliphatic carbocycles. The highest BCUT2D eigenvalue weighted by atomic mass is 79.9. The standard InChI is InChI=1S/C23H21BrN6O3/c1-15(31)28-19-8-4-17(5-9-19)22(32)25-10-11-30-21-20(12-27-30)23(33)29(14-26-21)13-16-2-6-18(24)7-3-16/h2-9,12,14H,10-11,13H2,1H3,(H,25,32)(H,28,31). The number of amides is 2. The van der Waals surface area contributed by atoms with Crippen molar-refractivity contribution in [1.29, 1.82) is 0 Å². The van der Waals surface area contributed by atoms with Gasteiger partial charge in [-0.05, 0) is 42.0 Å². The lowest BCUT2D eigenvalue weighted by Gasteiger charge is -2.08. The maximum atomic E-state index is 12.8. The van der Waals surface area contributed by atoms with Crippen LogP contribution >= 0.6 is 15.9 Å². The maximum Gasteiger partial charge on any atom is 0.264 e. The molecule has 0 saturated heterocycles. The third-order valence-electron chi connectivity index (χ3n) is 4.97. The summed E-state index contributed by atoms with van der Waals surface area (Å²) < 4.78 is 4.12. The van der Waals surface area contributed by atoms with Gasteiger partial charge in [0.05, 0.1) is 19.3 Å². The van der Waals surface area contributed by atoms with Crippen LogP contribution in [0.4, 0.5) is 5.69 Å². The summed E-state index contributed by atoms with van der Waals surface area (Å²) >= 11 is 3.40. The molecular formula is C23H21BrN6O3. The number of benzene rings is 2. The van der Waals surface area contributed by atoms with Crippen LogP contribution in [0.2, 0.25) is 0 Å². The minimum Gasteiger partial charge on any atom is -0.350 e. The largest absolute Gasteiger partial charge is 0.350 e. The third kappa shape index (κ3) is 5.35. The number of carbonyl (C=O) groups excluding carboxylic acids is 2. The molecule has 10 heteroatoms. The van der Waals surface area contributed by atoms with E-state index in [1.54, 1.807) is 33.5 Å². The Balaban J connectivity index is 1.39. The van der Waals surface area contributed by atoms with E-state index in [1.807, 2.05) is 24.3 Å². The molecule has 2 aromatic carbocycles. The van der Waals surface area contributed by atoms with Crippen molar-refractivity contribution in [2.75, 3.05) is 11.9 Å². The van der Waals surface area contributed by atoms with Crippen LogP contribution in [0, 0.1) is 0 Å². The summed E-state index contributed by atoms with van der Waals surface area (Å²) in [6.45, 7) is 2.51. The zero-order valence-corrected chi connectivity index (χ0v) is 19.4. The predicted molar refractivity (Wildman–Crippen MR) is 128 cm³/mol. The summed E-state index contributed by atoms with van der Waals surface area (Å²) in [4.78, 5) is 40.7. The Morgan fingerprint density at radius 2 is 1.79 bits per heavy atom. The summed E-state index contributed by atoms with van der Waals surface area (Å²) in [5.74, 6) is -0.419. The molecule has 0 aliphatic rings. The second-order valence-electron chi connectivity index (χ2n) is 7.42.